The summed E-state index contributed by atoms with van der Waals surface area (Å²) in [5, 5.41) is 12.1. The molecule has 0 unspecified atom stereocenters. The minimum Gasteiger partial charge on any atom is -0.354 e. The van der Waals surface area contributed by atoms with Gasteiger partial charge >= 0.3 is 0 Å². The molecule has 0 bridgehead atoms. The van der Waals surface area contributed by atoms with E-state index in [1.54, 1.807) is 13.2 Å². The normalized spacial score (nSPS) is 16.6. The van der Waals surface area contributed by atoms with Crippen LogP contribution < -0.4 is 4.90 Å². The molecule has 0 atom stereocenters. The van der Waals surface area contributed by atoms with Crippen molar-refractivity contribution in [1.29, 1.82) is 0 Å². The number of sulfonamides is 1. The predicted octanol–water partition coefficient (Wildman–Crippen LogP) is 0.511. The highest BCUT2D eigenvalue weighted by molar-refractivity contribution is 7.89. The Bertz CT molecular complexity index is 1020. The molecule has 0 aromatic carbocycles. The summed E-state index contributed by atoms with van der Waals surface area (Å²) in [6, 6.07) is 2.00. The van der Waals surface area contributed by atoms with Crippen molar-refractivity contribution in [2.45, 2.75) is 11.8 Å². The third-order valence-corrected chi connectivity index (χ3v) is 6.36. The van der Waals surface area contributed by atoms with E-state index in [0.29, 0.717) is 26.2 Å². The number of fused-ring (bicyclic) bond motifs is 1. The van der Waals surface area contributed by atoms with Crippen LogP contribution in [0, 0.1) is 6.92 Å². The van der Waals surface area contributed by atoms with Crippen LogP contribution in [0.2, 0.25) is 0 Å². The summed E-state index contributed by atoms with van der Waals surface area (Å²) in [7, 11) is -1.79. The lowest BCUT2D eigenvalue weighted by atomic mass is 10.2. The summed E-state index contributed by atoms with van der Waals surface area (Å²) in [6.45, 7) is 3.97. The lowest BCUT2D eigenvalue weighted by Crippen LogP contribution is -2.48. The molecule has 10 heteroatoms. The van der Waals surface area contributed by atoms with Crippen LogP contribution in [0.4, 0.5) is 5.82 Å². The van der Waals surface area contributed by atoms with Gasteiger partial charge in [-0.05, 0) is 13.0 Å². The first-order valence-corrected chi connectivity index (χ1v) is 9.43. The number of aryl methyl sites for hydroxylation is 2. The topological polar surface area (TPSA) is 100 Å². The first kappa shape index (κ1) is 16.0. The van der Waals surface area contributed by atoms with E-state index in [9.17, 15) is 8.42 Å². The molecule has 0 aliphatic carbocycles. The zero-order valence-electron chi connectivity index (χ0n) is 14.0. The molecule has 1 aliphatic rings. The van der Waals surface area contributed by atoms with Crippen molar-refractivity contribution in [3.63, 3.8) is 0 Å². The average molecular weight is 361 g/mol. The van der Waals surface area contributed by atoms with Crippen LogP contribution in [0.5, 0.6) is 0 Å². The maximum atomic E-state index is 12.7. The van der Waals surface area contributed by atoms with Crippen molar-refractivity contribution in [2.24, 2.45) is 7.05 Å². The van der Waals surface area contributed by atoms with E-state index in [-0.39, 0.29) is 4.90 Å². The molecule has 25 heavy (non-hydrogen) atoms. The second kappa shape index (κ2) is 5.81. The van der Waals surface area contributed by atoms with E-state index in [4.69, 9.17) is 0 Å². The Kier molecular flexibility index (Phi) is 3.73. The molecule has 1 fully saturated rings. The van der Waals surface area contributed by atoms with E-state index in [1.807, 2.05) is 13.0 Å². The van der Waals surface area contributed by atoms with Crippen molar-refractivity contribution >= 4 is 26.7 Å². The number of nitrogens with one attached hydrogen (secondary N) is 1. The van der Waals surface area contributed by atoms with Crippen LogP contribution in [0.15, 0.2) is 29.6 Å². The van der Waals surface area contributed by atoms with Gasteiger partial charge in [0.05, 0.1) is 23.6 Å². The summed E-state index contributed by atoms with van der Waals surface area (Å²) in [5.74, 6) is 0.843. The number of anilines is 1. The highest BCUT2D eigenvalue weighted by Gasteiger charge is 2.29. The van der Waals surface area contributed by atoms with Gasteiger partial charge in [-0.3, -0.25) is 9.78 Å². The van der Waals surface area contributed by atoms with Gasteiger partial charge in [-0.15, -0.1) is 0 Å². The molecule has 3 aromatic heterocycles. The number of nitrogens with zero attached hydrogens (tertiary/aromatic N) is 6. The molecule has 0 amide bonds. The van der Waals surface area contributed by atoms with Gasteiger partial charge < -0.3 is 4.90 Å². The van der Waals surface area contributed by atoms with Crippen LogP contribution in [0.1, 0.15) is 5.69 Å². The molecular formula is C15H19N7O2S. The summed E-state index contributed by atoms with van der Waals surface area (Å²) in [5.41, 5.74) is 1.83. The minimum absolute atomic E-state index is 0.233. The van der Waals surface area contributed by atoms with Gasteiger partial charge in [-0.2, -0.15) is 14.5 Å². The van der Waals surface area contributed by atoms with Gasteiger partial charge in [0.25, 0.3) is 0 Å². The Labute approximate surface area is 145 Å². The number of hydrogen-bond donors (Lipinski definition) is 1. The third-order valence-electron chi connectivity index (χ3n) is 4.50. The number of aromatic nitrogens is 5. The van der Waals surface area contributed by atoms with Crippen LogP contribution in [-0.4, -0.2) is 63.9 Å². The zero-order valence-corrected chi connectivity index (χ0v) is 14.9. The third kappa shape index (κ3) is 2.76. The van der Waals surface area contributed by atoms with Gasteiger partial charge in [0, 0.05) is 44.8 Å². The molecule has 1 N–H and O–H groups in total. The van der Waals surface area contributed by atoms with E-state index in [0.717, 1.165) is 22.4 Å². The number of piperazine rings is 1. The van der Waals surface area contributed by atoms with Gasteiger partial charge in [0.2, 0.25) is 10.0 Å². The summed E-state index contributed by atoms with van der Waals surface area (Å²) < 4.78 is 28.3. The first-order chi connectivity index (χ1) is 11.9. The molecule has 4 rings (SSSR count). The lowest BCUT2D eigenvalue weighted by molar-refractivity contribution is 0.384. The number of rotatable bonds is 3. The fourth-order valence-corrected chi connectivity index (χ4v) is 4.46. The molecule has 4 heterocycles. The van der Waals surface area contributed by atoms with Crippen LogP contribution in [-0.2, 0) is 17.1 Å². The van der Waals surface area contributed by atoms with E-state index in [2.05, 4.69) is 25.2 Å². The van der Waals surface area contributed by atoms with E-state index >= 15 is 0 Å². The summed E-state index contributed by atoms with van der Waals surface area (Å²) >= 11 is 0. The maximum Gasteiger partial charge on any atom is 0.246 e. The second-order valence-electron chi connectivity index (χ2n) is 6.14. The van der Waals surface area contributed by atoms with E-state index < -0.39 is 10.0 Å². The molecule has 1 saturated heterocycles. The van der Waals surface area contributed by atoms with Crippen LogP contribution >= 0.6 is 0 Å². The van der Waals surface area contributed by atoms with Crippen molar-refractivity contribution < 1.29 is 8.42 Å². The fourth-order valence-electron chi connectivity index (χ4n) is 3.05. The van der Waals surface area contributed by atoms with Crippen molar-refractivity contribution in [3.8, 4) is 0 Å². The van der Waals surface area contributed by atoms with Gasteiger partial charge in [0.15, 0.2) is 0 Å². The zero-order chi connectivity index (χ0) is 17.6. The maximum absolute atomic E-state index is 12.7. The molecule has 3 aromatic rings. The Hall–Kier alpha value is -2.46. The minimum atomic E-state index is -3.49. The fraction of sp³-hybridized carbons (Fsp3) is 0.400. The molecule has 0 spiro atoms. The molecule has 0 radical (unpaired) electrons. The van der Waals surface area contributed by atoms with Crippen molar-refractivity contribution in [1.82, 2.24) is 29.3 Å². The van der Waals surface area contributed by atoms with Gasteiger partial charge in [-0.1, -0.05) is 0 Å². The SMILES string of the molecule is Cc1n[nH]c2cnc(N3CCN(S(=O)(=O)c4cnn(C)c4)CC3)cc12. The Balaban J connectivity index is 1.51. The highest BCUT2D eigenvalue weighted by atomic mass is 32.2. The van der Waals surface area contributed by atoms with Gasteiger partial charge in [0.1, 0.15) is 10.7 Å². The Morgan fingerprint density at radius 3 is 2.60 bits per heavy atom. The molecule has 0 saturated carbocycles. The monoisotopic (exact) mass is 361 g/mol. The molecule has 1 aliphatic heterocycles. The van der Waals surface area contributed by atoms with Gasteiger partial charge in [-0.25, -0.2) is 13.4 Å². The van der Waals surface area contributed by atoms with Crippen molar-refractivity contribution in [3.05, 3.63) is 30.4 Å². The molecule has 132 valence electrons. The average Bonchev–Trinajstić information content (AvgIpc) is 3.21. The van der Waals surface area contributed by atoms with Crippen molar-refractivity contribution in [2.75, 3.05) is 31.1 Å². The summed E-state index contributed by atoms with van der Waals surface area (Å²) in [4.78, 5) is 6.80. The highest BCUT2D eigenvalue weighted by Crippen LogP contribution is 2.23. The lowest BCUT2D eigenvalue weighted by Gasteiger charge is -2.34. The largest absolute Gasteiger partial charge is 0.354 e. The Morgan fingerprint density at radius 1 is 1.16 bits per heavy atom. The Morgan fingerprint density at radius 2 is 1.92 bits per heavy atom. The predicted molar refractivity (Wildman–Crippen MR) is 92.8 cm³/mol. The molecular weight excluding hydrogens is 342 g/mol. The number of aromatic amines is 1. The van der Waals surface area contributed by atoms with E-state index in [1.165, 1.54) is 21.4 Å². The summed E-state index contributed by atoms with van der Waals surface area (Å²) in [6.07, 6.45) is 4.68. The van der Waals surface area contributed by atoms with Crippen LogP contribution in [0.25, 0.3) is 10.9 Å². The number of H-pyrrole nitrogens is 1. The second-order valence-corrected chi connectivity index (χ2v) is 8.08. The standard InChI is InChI=1S/C15H19N7O2S/c1-11-13-7-15(16-9-14(13)19-18-11)21-3-5-22(6-4-21)25(23,24)12-8-17-20(2)10-12/h7-10H,3-6H2,1-2H3,(H,18,19). The molecule has 9 nitrogen and oxygen atoms in total. The smallest absolute Gasteiger partial charge is 0.246 e. The number of pyridine rings is 1. The van der Waals surface area contributed by atoms with Crippen LogP contribution in [0.3, 0.4) is 0 Å². The first-order valence-electron chi connectivity index (χ1n) is 7.99. The number of hydrogen-bond acceptors (Lipinski definition) is 6. The quantitative estimate of drug-likeness (QED) is 0.730.